The average molecular weight is 339 g/mol. The van der Waals surface area contributed by atoms with Crippen LogP contribution in [0.5, 0.6) is 0 Å². The maximum atomic E-state index is 13.5. The van der Waals surface area contributed by atoms with Crippen molar-refractivity contribution < 1.29 is 22.0 Å². The Morgan fingerprint density at radius 2 is 1.87 bits per heavy atom. The number of sulfonamides is 1. The van der Waals surface area contributed by atoms with Crippen molar-refractivity contribution in [2.45, 2.75) is 18.2 Å². The second kappa shape index (κ2) is 6.97. The van der Waals surface area contributed by atoms with Crippen molar-refractivity contribution in [1.29, 1.82) is 0 Å². The first-order valence-electron chi connectivity index (χ1n) is 6.84. The number of Topliss-reactive ketones (excluding diaryl/α,β-unsaturated/α-hetero) is 1. The van der Waals surface area contributed by atoms with Gasteiger partial charge in [0.2, 0.25) is 10.0 Å². The molecule has 2 aromatic carbocycles. The Morgan fingerprint density at radius 1 is 1.13 bits per heavy atom. The van der Waals surface area contributed by atoms with Crippen molar-refractivity contribution >= 4 is 15.8 Å². The van der Waals surface area contributed by atoms with Gasteiger partial charge in [0.15, 0.2) is 5.78 Å². The number of nitrogens with one attached hydrogen (secondary N) is 1. The Bertz CT molecular complexity index is 835. The molecule has 4 nitrogen and oxygen atoms in total. The van der Waals surface area contributed by atoms with E-state index in [4.69, 9.17) is 0 Å². The molecule has 0 aliphatic carbocycles. The van der Waals surface area contributed by atoms with E-state index in [-0.39, 0.29) is 34.8 Å². The smallest absolute Gasteiger partial charge is 0.240 e. The molecule has 0 aromatic heterocycles. The van der Waals surface area contributed by atoms with Gasteiger partial charge in [-0.3, -0.25) is 4.79 Å². The predicted octanol–water partition coefficient (Wildman–Crippen LogP) is 2.69. The van der Waals surface area contributed by atoms with Gasteiger partial charge in [0, 0.05) is 18.2 Å². The first-order valence-corrected chi connectivity index (χ1v) is 8.32. The highest BCUT2D eigenvalue weighted by atomic mass is 32.2. The number of halogens is 2. The largest absolute Gasteiger partial charge is 0.295 e. The number of carbonyl (C=O) groups is 1. The molecule has 0 saturated heterocycles. The SMILES string of the molecule is CC(=O)c1cccc(S(=O)(=O)NCCc2ccc(F)cc2F)c1. The lowest BCUT2D eigenvalue weighted by molar-refractivity contribution is 0.101. The topological polar surface area (TPSA) is 63.2 Å². The number of hydrogen-bond acceptors (Lipinski definition) is 3. The van der Waals surface area contributed by atoms with Gasteiger partial charge in [0.05, 0.1) is 4.90 Å². The van der Waals surface area contributed by atoms with Crippen molar-refractivity contribution in [3.63, 3.8) is 0 Å². The average Bonchev–Trinajstić information content (AvgIpc) is 2.49. The third kappa shape index (κ3) is 4.43. The van der Waals surface area contributed by atoms with Gasteiger partial charge in [-0.2, -0.15) is 0 Å². The van der Waals surface area contributed by atoms with E-state index in [0.29, 0.717) is 0 Å². The minimum absolute atomic E-state index is 0.0372. The molecule has 0 aliphatic rings. The molecule has 0 saturated carbocycles. The molecule has 2 aromatic rings. The highest BCUT2D eigenvalue weighted by Crippen LogP contribution is 2.13. The van der Waals surface area contributed by atoms with Gasteiger partial charge in [-0.25, -0.2) is 21.9 Å². The molecule has 0 fully saturated rings. The maximum absolute atomic E-state index is 13.5. The molecule has 7 heteroatoms. The fourth-order valence-corrected chi connectivity index (χ4v) is 3.09. The van der Waals surface area contributed by atoms with Gasteiger partial charge < -0.3 is 0 Å². The molecular weight excluding hydrogens is 324 g/mol. The summed E-state index contributed by atoms with van der Waals surface area (Å²) in [5.41, 5.74) is 0.504. The number of carbonyl (C=O) groups excluding carboxylic acids is 1. The molecule has 0 unspecified atom stereocenters. The fraction of sp³-hybridized carbons (Fsp3) is 0.188. The lowest BCUT2D eigenvalue weighted by Gasteiger charge is -2.08. The van der Waals surface area contributed by atoms with Crippen LogP contribution in [0.25, 0.3) is 0 Å². The molecule has 0 bridgehead atoms. The maximum Gasteiger partial charge on any atom is 0.240 e. The standard InChI is InChI=1S/C16H15F2NO3S/c1-11(20)13-3-2-4-15(9-13)23(21,22)19-8-7-12-5-6-14(17)10-16(12)18/h2-6,9-10,19H,7-8H2,1H3. The van der Waals surface area contributed by atoms with Gasteiger partial charge in [0.25, 0.3) is 0 Å². The second-order valence-electron chi connectivity index (χ2n) is 4.97. The number of benzene rings is 2. The lowest BCUT2D eigenvalue weighted by atomic mass is 10.1. The summed E-state index contributed by atoms with van der Waals surface area (Å²) < 4.78 is 52.9. The van der Waals surface area contributed by atoms with Crippen LogP contribution in [-0.2, 0) is 16.4 Å². The molecule has 0 spiro atoms. The minimum Gasteiger partial charge on any atom is -0.295 e. The quantitative estimate of drug-likeness (QED) is 0.823. The van der Waals surface area contributed by atoms with Gasteiger partial charge in [-0.1, -0.05) is 18.2 Å². The van der Waals surface area contributed by atoms with Gasteiger partial charge >= 0.3 is 0 Å². The highest BCUT2D eigenvalue weighted by molar-refractivity contribution is 7.89. The van der Waals surface area contributed by atoms with Crippen molar-refractivity contribution in [3.05, 3.63) is 65.2 Å². The predicted molar refractivity (Wildman–Crippen MR) is 81.7 cm³/mol. The van der Waals surface area contributed by atoms with Crippen LogP contribution >= 0.6 is 0 Å². The molecule has 2 rings (SSSR count). The molecule has 1 N–H and O–H groups in total. The molecule has 23 heavy (non-hydrogen) atoms. The zero-order valence-corrected chi connectivity index (χ0v) is 13.2. The number of hydrogen-bond donors (Lipinski definition) is 1. The van der Waals surface area contributed by atoms with Crippen molar-refractivity contribution in [2.75, 3.05) is 6.54 Å². The summed E-state index contributed by atoms with van der Waals surface area (Å²) in [5, 5.41) is 0. The van der Waals surface area contributed by atoms with Gasteiger partial charge in [0.1, 0.15) is 11.6 Å². The highest BCUT2D eigenvalue weighted by Gasteiger charge is 2.15. The van der Waals surface area contributed by atoms with Crippen LogP contribution in [0.15, 0.2) is 47.4 Å². The van der Waals surface area contributed by atoms with Gasteiger partial charge in [-0.05, 0) is 37.1 Å². The summed E-state index contributed by atoms with van der Waals surface area (Å²) in [5.74, 6) is -1.65. The van der Waals surface area contributed by atoms with E-state index in [1.54, 1.807) is 0 Å². The molecular formula is C16H15F2NO3S. The molecule has 0 aliphatic heterocycles. The van der Waals surface area contributed by atoms with E-state index in [2.05, 4.69) is 4.72 Å². The van der Waals surface area contributed by atoms with Crippen LogP contribution in [0.4, 0.5) is 8.78 Å². The monoisotopic (exact) mass is 339 g/mol. The normalized spacial score (nSPS) is 11.4. The second-order valence-corrected chi connectivity index (χ2v) is 6.73. The Hall–Kier alpha value is -2.12. The molecule has 0 atom stereocenters. The molecule has 122 valence electrons. The zero-order chi connectivity index (χ0) is 17.0. The van der Waals surface area contributed by atoms with Crippen LogP contribution in [0, 0.1) is 11.6 Å². The Labute approximate surface area is 133 Å². The van der Waals surface area contributed by atoms with Crippen molar-refractivity contribution in [3.8, 4) is 0 Å². The van der Waals surface area contributed by atoms with E-state index in [1.807, 2.05) is 0 Å². The zero-order valence-electron chi connectivity index (χ0n) is 12.3. The molecule has 0 radical (unpaired) electrons. The van der Waals surface area contributed by atoms with E-state index in [0.717, 1.165) is 12.1 Å². The summed E-state index contributed by atoms with van der Waals surface area (Å²) in [6, 6.07) is 8.79. The third-order valence-electron chi connectivity index (χ3n) is 3.25. The number of ketones is 1. The van der Waals surface area contributed by atoms with Crippen LogP contribution in [0.1, 0.15) is 22.8 Å². The summed E-state index contributed by atoms with van der Waals surface area (Å²) >= 11 is 0. The Kier molecular flexibility index (Phi) is 5.23. The third-order valence-corrected chi connectivity index (χ3v) is 4.71. The fourth-order valence-electron chi connectivity index (χ4n) is 2.01. The summed E-state index contributed by atoms with van der Waals surface area (Å²) in [4.78, 5) is 11.3. The van der Waals surface area contributed by atoms with E-state index < -0.39 is 21.7 Å². The van der Waals surface area contributed by atoms with Crippen LogP contribution in [0.2, 0.25) is 0 Å². The molecule has 0 amide bonds. The minimum atomic E-state index is -3.81. The number of rotatable bonds is 6. The van der Waals surface area contributed by atoms with Gasteiger partial charge in [-0.15, -0.1) is 0 Å². The van der Waals surface area contributed by atoms with Crippen LogP contribution in [-0.4, -0.2) is 20.7 Å². The summed E-state index contributed by atoms with van der Waals surface area (Å²) in [6.45, 7) is 1.30. The lowest BCUT2D eigenvalue weighted by Crippen LogP contribution is -2.26. The summed E-state index contributed by atoms with van der Waals surface area (Å²) in [6.07, 6.45) is 0.0811. The molecule has 0 heterocycles. The Morgan fingerprint density at radius 3 is 2.52 bits per heavy atom. The summed E-state index contributed by atoms with van der Waals surface area (Å²) in [7, 11) is -3.81. The van der Waals surface area contributed by atoms with E-state index in [1.165, 1.54) is 37.3 Å². The Balaban J connectivity index is 2.07. The van der Waals surface area contributed by atoms with Crippen LogP contribution in [0.3, 0.4) is 0 Å². The van der Waals surface area contributed by atoms with Crippen molar-refractivity contribution in [2.24, 2.45) is 0 Å². The van der Waals surface area contributed by atoms with E-state index >= 15 is 0 Å². The van der Waals surface area contributed by atoms with Crippen molar-refractivity contribution in [1.82, 2.24) is 4.72 Å². The van der Waals surface area contributed by atoms with Crippen LogP contribution < -0.4 is 4.72 Å². The first kappa shape index (κ1) is 17.2. The first-order chi connectivity index (χ1) is 10.8. The van der Waals surface area contributed by atoms with E-state index in [9.17, 15) is 22.0 Å².